The molecule has 10 heteroatoms. The van der Waals surface area contributed by atoms with Gasteiger partial charge in [-0.25, -0.2) is 14.8 Å². The minimum Gasteiger partial charge on any atom is -0.493 e. The number of hydrogen-bond donors (Lipinski definition) is 1. The standard InChI is InChI=1S/C35H44N6O4/c1-23-20-39(17-18-40(23)34(42)45-35(2,3)4)25-12-14-26(15-13-25)41-21-28(31-32(36)37-22-38-33(31)41)24-11-16-29(30(19-24)43-5)44-27-9-7-6-8-10-27/h6-11,16,19,21-23,25-26H,12-15,17-18,20H2,1-5H3,(H2,36,37,38). The molecule has 1 aliphatic carbocycles. The van der Waals surface area contributed by atoms with Gasteiger partial charge in [0.15, 0.2) is 11.5 Å². The molecule has 1 aliphatic heterocycles. The molecule has 45 heavy (non-hydrogen) atoms. The molecule has 1 saturated heterocycles. The maximum absolute atomic E-state index is 12.7. The van der Waals surface area contributed by atoms with E-state index in [4.69, 9.17) is 24.9 Å². The van der Waals surface area contributed by atoms with Crippen LogP contribution in [-0.4, -0.2) is 74.9 Å². The Morgan fingerprint density at radius 1 is 0.956 bits per heavy atom. The minimum absolute atomic E-state index is 0.114. The number of para-hydroxylation sites is 1. The quantitative estimate of drug-likeness (QED) is 0.250. The summed E-state index contributed by atoms with van der Waals surface area (Å²) in [4.78, 5) is 26.2. The Kier molecular flexibility index (Phi) is 8.59. The summed E-state index contributed by atoms with van der Waals surface area (Å²) in [6.07, 6.45) is 7.74. The second-order valence-corrected chi connectivity index (χ2v) is 13.2. The minimum atomic E-state index is -0.489. The van der Waals surface area contributed by atoms with E-state index in [-0.39, 0.29) is 12.1 Å². The fourth-order valence-corrected chi connectivity index (χ4v) is 6.75. The first-order valence-corrected chi connectivity index (χ1v) is 15.9. The van der Waals surface area contributed by atoms with Gasteiger partial charge in [0.1, 0.15) is 29.1 Å². The molecule has 2 aromatic carbocycles. The molecule has 2 N–H and O–H groups in total. The first kappa shape index (κ1) is 30.7. The van der Waals surface area contributed by atoms with E-state index < -0.39 is 5.60 Å². The van der Waals surface area contributed by atoms with Crippen LogP contribution in [0.4, 0.5) is 10.6 Å². The van der Waals surface area contributed by atoms with E-state index >= 15 is 0 Å². The molecule has 2 aromatic heterocycles. The molecule has 1 amide bonds. The lowest BCUT2D eigenvalue weighted by molar-refractivity contribution is -0.00810. The Labute approximate surface area is 265 Å². The number of carbonyl (C=O) groups excluding carboxylic acids is 1. The number of amides is 1. The van der Waals surface area contributed by atoms with Crippen LogP contribution >= 0.6 is 0 Å². The van der Waals surface area contributed by atoms with E-state index in [2.05, 4.69) is 27.6 Å². The lowest BCUT2D eigenvalue weighted by Crippen LogP contribution is -2.57. The summed E-state index contributed by atoms with van der Waals surface area (Å²) in [6.45, 7) is 10.3. The molecule has 10 nitrogen and oxygen atoms in total. The van der Waals surface area contributed by atoms with Gasteiger partial charge in [-0.15, -0.1) is 0 Å². The zero-order valence-corrected chi connectivity index (χ0v) is 26.9. The number of hydrogen-bond acceptors (Lipinski definition) is 8. The van der Waals surface area contributed by atoms with E-state index in [0.717, 1.165) is 66.7 Å². The summed E-state index contributed by atoms with van der Waals surface area (Å²) in [7, 11) is 1.65. The van der Waals surface area contributed by atoms with Gasteiger partial charge in [-0.3, -0.25) is 4.90 Å². The number of anilines is 1. The van der Waals surface area contributed by atoms with Gasteiger partial charge >= 0.3 is 6.09 Å². The molecule has 3 heterocycles. The fourth-order valence-electron chi connectivity index (χ4n) is 6.75. The predicted molar refractivity (Wildman–Crippen MR) is 176 cm³/mol. The molecule has 2 fully saturated rings. The van der Waals surface area contributed by atoms with Gasteiger partial charge in [-0.2, -0.15) is 0 Å². The number of methoxy groups -OCH3 is 1. The van der Waals surface area contributed by atoms with Crippen molar-refractivity contribution < 1.29 is 19.0 Å². The van der Waals surface area contributed by atoms with Crippen LogP contribution in [-0.2, 0) is 4.74 Å². The first-order chi connectivity index (χ1) is 21.6. The van der Waals surface area contributed by atoms with Crippen LogP contribution in [0.2, 0.25) is 0 Å². The normalized spacial score (nSPS) is 21.1. The zero-order chi connectivity index (χ0) is 31.7. The number of nitrogens with zero attached hydrogens (tertiary/aromatic N) is 5. The molecule has 1 atom stereocenters. The molecule has 0 spiro atoms. The molecule has 0 radical (unpaired) electrons. The van der Waals surface area contributed by atoms with E-state index in [9.17, 15) is 4.79 Å². The van der Waals surface area contributed by atoms with Gasteiger partial charge in [0.05, 0.1) is 12.5 Å². The summed E-state index contributed by atoms with van der Waals surface area (Å²) in [5.41, 5.74) is 8.77. The van der Waals surface area contributed by atoms with E-state index in [1.807, 2.05) is 74.2 Å². The molecule has 6 rings (SSSR count). The summed E-state index contributed by atoms with van der Waals surface area (Å²) in [6, 6.07) is 16.5. The summed E-state index contributed by atoms with van der Waals surface area (Å²) in [5, 5.41) is 0.852. The van der Waals surface area contributed by atoms with Crippen molar-refractivity contribution in [3.05, 3.63) is 61.1 Å². The second-order valence-electron chi connectivity index (χ2n) is 13.2. The molecule has 2 aliphatic rings. The second kappa shape index (κ2) is 12.6. The number of rotatable bonds is 6. The maximum atomic E-state index is 12.7. The van der Waals surface area contributed by atoms with Crippen molar-refractivity contribution in [2.75, 3.05) is 32.5 Å². The number of nitrogen functional groups attached to an aromatic ring is 1. The third-order valence-electron chi connectivity index (χ3n) is 8.95. The summed E-state index contributed by atoms with van der Waals surface area (Å²) >= 11 is 0. The highest BCUT2D eigenvalue weighted by Gasteiger charge is 2.35. The molecule has 238 valence electrons. The number of ether oxygens (including phenoxy) is 3. The fraction of sp³-hybridized carbons (Fsp3) is 0.457. The van der Waals surface area contributed by atoms with Gasteiger partial charge in [0.25, 0.3) is 0 Å². The van der Waals surface area contributed by atoms with Crippen molar-refractivity contribution >= 4 is 22.9 Å². The number of fused-ring (bicyclic) bond motifs is 1. The van der Waals surface area contributed by atoms with Crippen molar-refractivity contribution in [2.24, 2.45) is 0 Å². The Balaban J connectivity index is 1.18. The van der Waals surface area contributed by atoms with Crippen LogP contribution in [0.15, 0.2) is 61.1 Å². The van der Waals surface area contributed by atoms with Gasteiger partial charge in [0, 0.05) is 49.5 Å². The highest BCUT2D eigenvalue weighted by Crippen LogP contribution is 2.42. The van der Waals surface area contributed by atoms with Crippen molar-refractivity contribution in [3.63, 3.8) is 0 Å². The smallest absolute Gasteiger partial charge is 0.410 e. The van der Waals surface area contributed by atoms with E-state index in [1.54, 1.807) is 13.4 Å². The van der Waals surface area contributed by atoms with Crippen LogP contribution in [0.1, 0.15) is 59.4 Å². The van der Waals surface area contributed by atoms with Crippen LogP contribution in [0.3, 0.4) is 0 Å². The SMILES string of the molecule is COc1cc(-c2cn(C3CCC(N4CCN(C(=O)OC(C)(C)C)C(C)C4)CC3)c3ncnc(N)c23)ccc1Oc1ccccc1. The van der Waals surface area contributed by atoms with Crippen molar-refractivity contribution in [1.29, 1.82) is 0 Å². The molecule has 1 unspecified atom stereocenters. The van der Waals surface area contributed by atoms with Crippen LogP contribution in [0.25, 0.3) is 22.2 Å². The van der Waals surface area contributed by atoms with E-state index in [1.165, 1.54) is 0 Å². The van der Waals surface area contributed by atoms with Gasteiger partial charge in [-0.05, 0) is 83.2 Å². The number of benzene rings is 2. The number of carbonyl (C=O) groups is 1. The molecule has 0 bridgehead atoms. The third-order valence-corrected chi connectivity index (χ3v) is 8.95. The Bertz CT molecular complexity index is 1640. The molecular weight excluding hydrogens is 568 g/mol. The predicted octanol–water partition coefficient (Wildman–Crippen LogP) is 6.91. The monoisotopic (exact) mass is 612 g/mol. The third kappa shape index (κ3) is 6.56. The van der Waals surface area contributed by atoms with Gasteiger partial charge < -0.3 is 29.4 Å². The largest absolute Gasteiger partial charge is 0.493 e. The van der Waals surface area contributed by atoms with Gasteiger partial charge in [0.2, 0.25) is 0 Å². The lowest BCUT2D eigenvalue weighted by Gasteiger charge is -2.45. The number of piperazine rings is 1. The number of nitrogens with two attached hydrogens (primary N) is 1. The highest BCUT2D eigenvalue weighted by molar-refractivity contribution is 6.01. The average Bonchev–Trinajstić information content (AvgIpc) is 3.42. The zero-order valence-electron chi connectivity index (χ0n) is 26.9. The maximum Gasteiger partial charge on any atom is 0.410 e. The Hall–Kier alpha value is -4.31. The van der Waals surface area contributed by atoms with Crippen LogP contribution in [0, 0.1) is 0 Å². The average molecular weight is 613 g/mol. The molecule has 1 saturated carbocycles. The topological polar surface area (TPSA) is 108 Å². The Morgan fingerprint density at radius 2 is 1.69 bits per heavy atom. The van der Waals surface area contributed by atoms with Crippen molar-refractivity contribution in [2.45, 2.75) is 77.1 Å². The van der Waals surface area contributed by atoms with Crippen LogP contribution in [0.5, 0.6) is 17.2 Å². The highest BCUT2D eigenvalue weighted by atomic mass is 16.6. The van der Waals surface area contributed by atoms with Gasteiger partial charge in [-0.1, -0.05) is 24.3 Å². The lowest BCUT2D eigenvalue weighted by atomic mass is 9.89. The Morgan fingerprint density at radius 3 is 2.38 bits per heavy atom. The van der Waals surface area contributed by atoms with Crippen molar-refractivity contribution in [3.8, 4) is 28.4 Å². The number of aromatic nitrogens is 3. The molecular formula is C35H44N6O4. The van der Waals surface area contributed by atoms with Crippen LogP contribution < -0.4 is 15.2 Å². The van der Waals surface area contributed by atoms with E-state index in [0.29, 0.717) is 35.9 Å². The summed E-state index contributed by atoms with van der Waals surface area (Å²) in [5.74, 6) is 2.48. The summed E-state index contributed by atoms with van der Waals surface area (Å²) < 4.78 is 19.8. The van der Waals surface area contributed by atoms with Crippen molar-refractivity contribution in [1.82, 2.24) is 24.3 Å². The molecule has 4 aromatic rings. The first-order valence-electron chi connectivity index (χ1n) is 15.9.